The van der Waals surface area contributed by atoms with Gasteiger partial charge in [-0.25, -0.2) is 0 Å². The lowest BCUT2D eigenvalue weighted by molar-refractivity contribution is -0.165. The normalized spacial score (nSPS) is 42.6. The molecule has 2 aliphatic rings. The molecule has 0 amide bonds. The Morgan fingerprint density at radius 2 is 2.05 bits per heavy atom. The zero-order chi connectivity index (χ0) is 16.0. The maximum absolute atomic E-state index is 13.1. The smallest absolute Gasteiger partial charge is 0.178 e. The molecule has 1 N–H and O–H groups in total. The molecule has 0 unspecified atom stereocenters. The Kier molecular flexibility index (Phi) is 4.18. The minimum Gasteiger partial charge on any atom is -0.382 e. The van der Waals surface area contributed by atoms with Crippen molar-refractivity contribution in [2.45, 2.75) is 65.9 Å². The lowest BCUT2D eigenvalue weighted by Gasteiger charge is -2.46. The number of carbonyl (C=O) groups excluding carboxylic acids is 2. The first-order valence-corrected chi connectivity index (χ1v) is 8.13. The average molecular weight is 292 g/mol. The molecule has 2 rings (SSSR count). The van der Waals surface area contributed by atoms with Crippen molar-refractivity contribution in [2.75, 3.05) is 0 Å². The third-order valence-corrected chi connectivity index (χ3v) is 5.61. The van der Waals surface area contributed by atoms with Gasteiger partial charge in [-0.05, 0) is 57.8 Å². The predicted molar refractivity (Wildman–Crippen MR) is 82.8 cm³/mol. The highest BCUT2D eigenvalue weighted by molar-refractivity contribution is 6.12. The van der Waals surface area contributed by atoms with Crippen molar-refractivity contribution in [1.82, 2.24) is 0 Å². The average Bonchev–Trinajstić information content (AvgIpc) is 2.66. The summed E-state index contributed by atoms with van der Waals surface area (Å²) < 4.78 is 0. The molecule has 0 aliphatic heterocycles. The van der Waals surface area contributed by atoms with Crippen LogP contribution in [0.2, 0.25) is 0 Å². The van der Waals surface area contributed by atoms with E-state index in [0.29, 0.717) is 18.8 Å². The van der Waals surface area contributed by atoms with E-state index in [4.69, 9.17) is 0 Å². The van der Waals surface area contributed by atoms with Crippen molar-refractivity contribution in [3.05, 3.63) is 11.6 Å². The summed E-state index contributed by atoms with van der Waals surface area (Å²) in [5.74, 6) is 0.155. The third-order valence-electron chi connectivity index (χ3n) is 5.61. The van der Waals surface area contributed by atoms with Gasteiger partial charge < -0.3 is 5.11 Å². The Morgan fingerprint density at radius 3 is 2.57 bits per heavy atom. The first-order valence-electron chi connectivity index (χ1n) is 8.13. The lowest BCUT2D eigenvalue weighted by Crippen LogP contribution is -2.59. The van der Waals surface area contributed by atoms with Crippen LogP contribution < -0.4 is 0 Å². The van der Waals surface area contributed by atoms with Gasteiger partial charge in [-0.3, -0.25) is 9.59 Å². The first kappa shape index (κ1) is 16.4. The Bertz CT molecular complexity index is 485. The molecule has 2 aliphatic carbocycles. The fourth-order valence-corrected chi connectivity index (χ4v) is 4.75. The van der Waals surface area contributed by atoms with E-state index in [-0.39, 0.29) is 23.4 Å². The summed E-state index contributed by atoms with van der Waals surface area (Å²) in [5.41, 5.74) is -1.22. The quantitative estimate of drug-likeness (QED) is 0.641. The first-order chi connectivity index (χ1) is 9.67. The largest absolute Gasteiger partial charge is 0.382 e. The molecule has 3 heteroatoms. The highest BCUT2D eigenvalue weighted by atomic mass is 16.3. The van der Waals surface area contributed by atoms with E-state index in [1.54, 1.807) is 6.92 Å². The van der Waals surface area contributed by atoms with Gasteiger partial charge in [-0.2, -0.15) is 0 Å². The van der Waals surface area contributed by atoms with E-state index in [2.05, 4.69) is 13.0 Å². The summed E-state index contributed by atoms with van der Waals surface area (Å²) in [4.78, 5) is 25.9. The molecule has 0 radical (unpaired) electrons. The fourth-order valence-electron chi connectivity index (χ4n) is 4.75. The number of carbonyl (C=O) groups is 2. The molecule has 0 aromatic rings. The molecule has 2 saturated carbocycles. The van der Waals surface area contributed by atoms with Gasteiger partial charge >= 0.3 is 0 Å². The van der Waals surface area contributed by atoms with Gasteiger partial charge in [-0.1, -0.05) is 25.5 Å². The number of Topliss-reactive ketones (excluding diaryl/α,β-unsaturated/α-hetero) is 2. The molecule has 0 bridgehead atoms. The highest BCUT2D eigenvalue weighted by Crippen LogP contribution is 2.59. The summed E-state index contributed by atoms with van der Waals surface area (Å²) in [5, 5.41) is 10.5. The Morgan fingerprint density at radius 1 is 1.43 bits per heavy atom. The molecule has 0 aromatic carbocycles. The van der Waals surface area contributed by atoms with Crippen LogP contribution in [0.25, 0.3) is 0 Å². The standard InChI is InChI=1S/C18H28O3/c1-6-15(19)18-13(9-11(2)3)10-12(4)14(18)7-8-17(5,21)16(18)20/h9,12-14,21H,6-8,10H2,1-5H3/t12-,13+,14+,17+,18-/m0/s1. The maximum Gasteiger partial charge on any atom is 0.178 e. The zero-order valence-corrected chi connectivity index (χ0v) is 13.9. The summed E-state index contributed by atoms with van der Waals surface area (Å²) in [6.07, 6.45) is 4.55. The minimum absolute atomic E-state index is 0.0179. The van der Waals surface area contributed by atoms with Gasteiger partial charge in [0.15, 0.2) is 5.78 Å². The van der Waals surface area contributed by atoms with Crippen molar-refractivity contribution in [2.24, 2.45) is 23.2 Å². The molecule has 0 heterocycles. The molecular weight excluding hydrogens is 264 g/mol. The van der Waals surface area contributed by atoms with Crippen LogP contribution in [-0.2, 0) is 9.59 Å². The Labute approximate surface area is 127 Å². The van der Waals surface area contributed by atoms with E-state index in [1.807, 2.05) is 20.8 Å². The number of aliphatic hydroxyl groups is 1. The van der Waals surface area contributed by atoms with Crippen LogP contribution in [0.15, 0.2) is 11.6 Å². The van der Waals surface area contributed by atoms with E-state index in [9.17, 15) is 14.7 Å². The second-order valence-corrected chi connectivity index (χ2v) is 7.46. The monoisotopic (exact) mass is 292 g/mol. The van der Waals surface area contributed by atoms with Gasteiger partial charge in [0, 0.05) is 6.42 Å². The molecule has 3 nitrogen and oxygen atoms in total. The highest BCUT2D eigenvalue weighted by Gasteiger charge is 2.66. The van der Waals surface area contributed by atoms with Crippen LogP contribution in [0.1, 0.15) is 60.3 Å². The van der Waals surface area contributed by atoms with Crippen molar-refractivity contribution in [3.8, 4) is 0 Å². The second-order valence-electron chi connectivity index (χ2n) is 7.46. The number of rotatable bonds is 3. The number of ketones is 2. The van der Waals surface area contributed by atoms with E-state index in [1.165, 1.54) is 0 Å². The molecule has 0 aromatic heterocycles. The summed E-state index contributed by atoms with van der Waals surface area (Å²) >= 11 is 0. The van der Waals surface area contributed by atoms with Crippen molar-refractivity contribution in [3.63, 3.8) is 0 Å². The van der Waals surface area contributed by atoms with Crippen LogP contribution in [0.5, 0.6) is 0 Å². The summed E-state index contributed by atoms with van der Waals surface area (Å²) in [6.45, 7) is 9.57. The Hall–Kier alpha value is -0.960. The van der Waals surface area contributed by atoms with Gasteiger partial charge in [-0.15, -0.1) is 0 Å². The van der Waals surface area contributed by atoms with Crippen molar-refractivity contribution >= 4 is 11.6 Å². The van der Waals surface area contributed by atoms with Crippen LogP contribution in [0.3, 0.4) is 0 Å². The van der Waals surface area contributed by atoms with Crippen LogP contribution in [0, 0.1) is 23.2 Å². The Balaban J connectivity index is 2.63. The zero-order valence-electron chi connectivity index (χ0n) is 13.9. The molecule has 118 valence electrons. The van der Waals surface area contributed by atoms with Gasteiger partial charge in [0.1, 0.15) is 11.4 Å². The molecule has 0 spiro atoms. The summed E-state index contributed by atoms with van der Waals surface area (Å²) in [7, 11) is 0. The fraction of sp³-hybridized carbons (Fsp3) is 0.778. The molecule has 21 heavy (non-hydrogen) atoms. The molecule has 5 atom stereocenters. The SMILES string of the molecule is CCC(=O)[C@@]12C(=O)[C@](C)(O)CC[C@@H]1[C@@H](C)C[C@H]2C=C(C)C. The third kappa shape index (κ3) is 2.30. The lowest BCUT2D eigenvalue weighted by atomic mass is 9.55. The molecular formula is C18H28O3. The second kappa shape index (κ2) is 5.35. The number of allylic oxidation sites excluding steroid dienone is 2. The maximum atomic E-state index is 13.1. The van der Waals surface area contributed by atoms with Crippen LogP contribution in [0.4, 0.5) is 0 Å². The molecule has 2 fully saturated rings. The topological polar surface area (TPSA) is 54.4 Å². The van der Waals surface area contributed by atoms with E-state index < -0.39 is 11.0 Å². The number of hydrogen-bond acceptors (Lipinski definition) is 3. The number of hydrogen-bond donors (Lipinski definition) is 1. The van der Waals surface area contributed by atoms with Crippen LogP contribution >= 0.6 is 0 Å². The van der Waals surface area contributed by atoms with Gasteiger partial charge in [0.2, 0.25) is 0 Å². The van der Waals surface area contributed by atoms with E-state index in [0.717, 1.165) is 18.4 Å². The van der Waals surface area contributed by atoms with Gasteiger partial charge in [0.05, 0.1) is 5.41 Å². The number of fused-ring (bicyclic) bond motifs is 1. The predicted octanol–water partition coefficient (Wildman–Crippen LogP) is 3.30. The minimum atomic E-state index is -1.36. The van der Waals surface area contributed by atoms with Crippen LogP contribution in [-0.4, -0.2) is 22.3 Å². The van der Waals surface area contributed by atoms with E-state index >= 15 is 0 Å². The van der Waals surface area contributed by atoms with Gasteiger partial charge in [0.25, 0.3) is 0 Å². The van der Waals surface area contributed by atoms with Crippen molar-refractivity contribution < 1.29 is 14.7 Å². The molecule has 0 saturated heterocycles. The van der Waals surface area contributed by atoms with Crippen molar-refractivity contribution in [1.29, 1.82) is 0 Å². The summed E-state index contributed by atoms with van der Waals surface area (Å²) in [6, 6.07) is 0.